The van der Waals surface area contributed by atoms with Crippen molar-refractivity contribution in [2.24, 2.45) is 9.98 Å². The lowest BCUT2D eigenvalue weighted by molar-refractivity contribution is 0.664. The summed E-state index contributed by atoms with van der Waals surface area (Å²) in [5, 5.41) is 4.03. The lowest BCUT2D eigenvalue weighted by atomic mass is 9.99. The normalized spacial score (nSPS) is 17.7. The summed E-state index contributed by atoms with van der Waals surface area (Å²) < 4.78 is 0. The summed E-state index contributed by atoms with van der Waals surface area (Å²) in [6.07, 6.45) is -0.502. The Morgan fingerprint density at radius 2 is 0.966 bits per heavy atom. The Labute approximate surface area is 341 Å². The van der Waals surface area contributed by atoms with Crippen molar-refractivity contribution in [2.75, 3.05) is 4.90 Å². The molecular formula is C50H35N7S. The highest BCUT2D eigenvalue weighted by Crippen LogP contribution is 2.64. The predicted octanol–water partition coefficient (Wildman–Crippen LogP) is 11.4. The number of para-hydroxylation sites is 1. The zero-order chi connectivity index (χ0) is 38.4. The van der Waals surface area contributed by atoms with Crippen molar-refractivity contribution in [3.63, 3.8) is 0 Å². The standard InChI is InChI=1S/C50H35N7S/c1-5-17-32(18-6-1)45-51-46(33-19-7-2-8-20-33)54-49(53-45)36-29-30-41(57-40-27-15-13-25-37(40)44-43(57)38-26-14-16-28-42(38)58-44)39(31-36)50-55-47(34-21-9-3-10-22-34)52-48(56-50)35-23-11-4-12-24-35/h1-31,43-44,50H,(H,52,55,56). The zero-order valence-corrected chi connectivity index (χ0v) is 32.0. The van der Waals surface area contributed by atoms with E-state index in [0.29, 0.717) is 23.3 Å². The van der Waals surface area contributed by atoms with Gasteiger partial charge in [-0.05, 0) is 41.5 Å². The molecule has 7 aromatic carbocycles. The molecule has 3 atom stereocenters. The van der Waals surface area contributed by atoms with Crippen LogP contribution in [-0.4, -0.2) is 26.6 Å². The van der Waals surface area contributed by atoms with Crippen LogP contribution in [0, 0.1) is 0 Å². The Morgan fingerprint density at radius 3 is 1.62 bits per heavy atom. The predicted molar refractivity (Wildman–Crippen MR) is 234 cm³/mol. The van der Waals surface area contributed by atoms with Crippen molar-refractivity contribution in [1.82, 2.24) is 20.3 Å². The molecule has 0 aliphatic carbocycles. The number of aliphatic imine (C=N–C) groups is 2. The first kappa shape index (κ1) is 34.1. The number of benzene rings is 7. The van der Waals surface area contributed by atoms with Crippen LogP contribution in [0.2, 0.25) is 0 Å². The van der Waals surface area contributed by atoms with Gasteiger partial charge in [0.05, 0.1) is 11.3 Å². The van der Waals surface area contributed by atoms with Crippen molar-refractivity contribution in [1.29, 1.82) is 0 Å². The number of thioether (sulfide) groups is 1. The zero-order valence-electron chi connectivity index (χ0n) is 31.2. The molecule has 1 aromatic heterocycles. The number of aromatic nitrogens is 3. The van der Waals surface area contributed by atoms with Gasteiger partial charge in [0.15, 0.2) is 23.3 Å². The summed E-state index contributed by atoms with van der Waals surface area (Å²) in [4.78, 5) is 29.6. The maximum atomic E-state index is 5.41. The molecule has 0 spiro atoms. The number of amidine groups is 2. The van der Waals surface area contributed by atoms with Crippen LogP contribution in [0.1, 0.15) is 45.3 Å². The Kier molecular flexibility index (Phi) is 8.47. The van der Waals surface area contributed by atoms with Crippen molar-refractivity contribution in [3.05, 3.63) is 216 Å². The SMILES string of the molecule is c1ccc(C2=NC(c3cc(-c4nc(-c5ccccc5)nc(-c5ccccc5)n4)ccc3N3c4ccccc4C4Sc5ccccc5C43)NC(c3ccccc3)=N2)cc1. The molecule has 0 bridgehead atoms. The molecule has 0 amide bonds. The average molecular weight is 766 g/mol. The molecule has 0 saturated carbocycles. The summed E-state index contributed by atoms with van der Waals surface area (Å²) in [6.45, 7) is 0. The number of anilines is 2. The monoisotopic (exact) mass is 765 g/mol. The number of hydrogen-bond donors (Lipinski definition) is 1. The first-order valence-corrected chi connectivity index (χ1v) is 20.3. The molecule has 1 N–H and O–H groups in total. The van der Waals surface area contributed by atoms with Crippen LogP contribution in [0.3, 0.4) is 0 Å². The first-order chi connectivity index (χ1) is 28.7. The molecule has 3 aliphatic heterocycles. The largest absolute Gasteiger partial charge is 0.344 e. The summed E-state index contributed by atoms with van der Waals surface area (Å²) in [6, 6.07) is 65.1. The number of rotatable bonds is 7. The van der Waals surface area contributed by atoms with E-state index in [0.717, 1.165) is 44.9 Å². The number of nitrogens with zero attached hydrogens (tertiary/aromatic N) is 6. The average Bonchev–Trinajstić information content (AvgIpc) is 3.84. The molecule has 58 heavy (non-hydrogen) atoms. The highest BCUT2D eigenvalue weighted by Gasteiger charge is 2.46. The van der Waals surface area contributed by atoms with E-state index in [9.17, 15) is 0 Å². The molecule has 8 heteroatoms. The lowest BCUT2D eigenvalue weighted by Gasteiger charge is -2.33. The topological polar surface area (TPSA) is 78.7 Å². The van der Waals surface area contributed by atoms with E-state index in [1.807, 2.05) is 109 Å². The molecule has 8 aromatic rings. The smallest absolute Gasteiger partial charge is 0.164 e. The molecule has 4 heterocycles. The minimum Gasteiger partial charge on any atom is -0.344 e. The van der Waals surface area contributed by atoms with Crippen LogP contribution in [-0.2, 0) is 0 Å². The van der Waals surface area contributed by atoms with E-state index < -0.39 is 6.17 Å². The van der Waals surface area contributed by atoms with Gasteiger partial charge in [-0.2, -0.15) is 0 Å². The minimum absolute atomic E-state index is 0.0955. The quantitative estimate of drug-likeness (QED) is 0.174. The van der Waals surface area contributed by atoms with Gasteiger partial charge in [-0.15, -0.1) is 11.8 Å². The summed E-state index contributed by atoms with van der Waals surface area (Å²) in [5.74, 6) is 3.24. The van der Waals surface area contributed by atoms with Crippen LogP contribution >= 0.6 is 11.8 Å². The van der Waals surface area contributed by atoms with E-state index in [2.05, 4.69) is 101 Å². The number of hydrogen-bond acceptors (Lipinski definition) is 8. The number of fused-ring (bicyclic) bond motifs is 5. The van der Waals surface area contributed by atoms with Crippen LogP contribution < -0.4 is 10.2 Å². The third-order valence-electron chi connectivity index (χ3n) is 10.9. The van der Waals surface area contributed by atoms with Gasteiger partial charge in [-0.1, -0.05) is 158 Å². The molecular weight excluding hydrogens is 731 g/mol. The molecule has 0 radical (unpaired) electrons. The van der Waals surface area contributed by atoms with Gasteiger partial charge in [0.2, 0.25) is 0 Å². The van der Waals surface area contributed by atoms with Gasteiger partial charge in [-0.3, -0.25) is 0 Å². The van der Waals surface area contributed by atoms with Crippen molar-refractivity contribution < 1.29 is 0 Å². The number of nitrogens with one attached hydrogen (secondary N) is 1. The fraction of sp³-hybridized carbons (Fsp3) is 0.0600. The minimum atomic E-state index is -0.502. The second kappa shape index (κ2) is 14.4. The van der Waals surface area contributed by atoms with Gasteiger partial charge in [0, 0.05) is 49.7 Å². The van der Waals surface area contributed by atoms with Crippen LogP contribution in [0.5, 0.6) is 0 Å². The van der Waals surface area contributed by atoms with Gasteiger partial charge >= 0.3 is 0 Å². The van der Waals surface area contributed by atoms with Gasteiger partial charge in [0.25, 0.3) is 0 Å². The lowest BCUT2D eigenvalue weighted by Crippen LogP contribution is -2.34. The maximum absolute atomic E-state index is 5.41. The highest BCUT2D eigenvalue weighted by atomic mass is 32.2. The van der Waals surface area contributed by atoms with E-state index in [4.69, 9.17) is 24.9 Å². The molecule has 0 fully saturated rings. The molecule has 7 nitrogen and oxygen atoms in total. The van der Waals surface area contributed by atoms with Gasteiger partial charge in [-0.25, -0.2) is 24.9 Å². The first-order valence-electron chi connectivity index (χ1n) is 19.4. The maximum Gasteiger partial charge on any atom is 0.164 e. The fourth-order valence-electron chi connectivity index (χ4n) is 8.22. The molecule has 11 rings (SSSR count). The van der Waals surface area contributed by atoms with E-state index in [-0.39, 0.29) is 11.3 Å². The third-order valence-corrected chi connectivity index (χ3v) is 12.3. The summed E-state index contributed by atoms with van der Waals surface area (Å²) in [5.41, 5.74) is 10.6. The van der Waals surface area contributed by atoms with Crippen LogP contribution in [0.15, 0.2) is 203 Å². The third kappa shape index (κ3) is 6.06. The van der Waals surface area contributed by atoms with Crippen molar-refractivity contribution in [2.45, 2.75) is 22.4 Å². The van der Waals surface area contributed by atoms with E-state index in [1.165, 1.54) is 21.7 Å². The molecule has 3 aliphatic rings. The van der Waals surface area contributed by atoms with Crippen LogP contribution in [0.4, 0.5) is 11.4 Å². The summed E-state index contributed by atoms with van der Waals surface area (Å²) in [7, 11) is 0. The Hall–Kier alpha value is -7.16. The Bertz CT molecular complexity index is 2810. The Balaban J connectivity index is 1.14. The van der Waals surface area contributed by atoms with E-state index >= 15 is 0 Å². The molecule has 276 valence electrons. The van der Waals surface area contributed by atoms with Crippen molar-refractivity contribution in [3.8, 4) is 34.2 Å². The molecule has 0 saturated heterocycles. The highest BCUT2D eigenvalue weighted by molar-refractivity contribution is 8.00. The second-order valence-corrected chi connectivity index (χ2v) is 15.6. The van der Waals surface area contributed by atoms with Crippen LogP contribution in [0.25, 0.3) is 34.2 Å². The second-order valence-electron chi connectivity index (χ2n) is 14.5. The Morgan fingerprint density at radius 1 is 0.448 bits per heavy atom. The van der Waals surface area contributed by atoms with Gasteiger partial charge < -0.3 is 10.2 Å². The summed E-state index contributed by atoms with van der Waals surface area (Å²) >= 11 is 1.95. The fourth-order valence-corrected chi connectivity index (χ4v) is 9.70. The van der Waals surface area contributed by atoms with Crippen molar-refractivity contribution >= 4 is 34.8 Å². The van der Waals surface area contributed by atoms with Gasteiger partial charge in [0.1, 0.15) is 12.0 Å². The molecule has 3 unspecified atom stereocenters. The van der Waals surface area contributed by atoms with E-state index in [1.54, 1.807) is 0 Å².